The molecule has 0 aliphatic heterocycles. The van der Waals surface area contributed by atoms with Crippen LogP contribution in [0.3, 0.4) is 0 Å². The van der Waals surface area contributed by atoms with Crippen LogP contribution in [0.4, 0.5) is 0 Å². The number of nitrogens with zero attached hydrogens (tertiary/aromatic N) is 1. The Balaban J connectivity index is 1.61. The molecule has 2 aliphatic carbocycles. The fourth-order valence-corrected chi connectivity index (χ4v) is 5.98. The van der Waals surface area contributed by atoms with Crippen molar-refractivity contribution in [3.05, 3.63) is 29.8 Å². The summed E-state index contributed by atoms with van der Waals surface area (Å²) in [6.45, 7) is 4.93. The van der Waals surface area contributed by atoms with Crippen molar-refractivity contribution in [2.24, 2.45) is 23.5 Å². The lowest BCUT2D eigenvalue weighted by Gasteiger charge is -2.27. The minimum atomic E-state index is -3.45. The van der Waals surface area contributed by atoms with E-state index in [2.05, 4.69) is 5.32 Å². The summed E-state index contributed by atoms with van der Waals surface area (Å²) in [4.78, 5) is 12.8. The number of nitrogens with one attached hydrogen (secondary N) is 1. The largest absolute Gasteiger partial charge is 0.352 e. The Hall–Kier alpha value is -1.44. The van der Waals surface area contributed by atoms with Gasteiger partial charge in [0, 0.05) is 25.7 Å². The Labute approximate surface area is 156 Å². The van der Waals surface area contributed by atoms with E-state index in [4.69, 9.17) is 5.73 Å². The van der Waals surface area contributed by atoms with E-state index in [-0.39, 0.29) is 22.8 Å². The lowest BCUT2D eigenvalue weighted by molar-refractivity contribution is -0.127. The third-order valence-electron chi connectivity index (χ3n) is 6.02. The van der Waals surface area contributed by atoms with Gasteiger partial charge in [0.15, 0.2) is 0 Å². The number of hydrogen-bond acceptors (Lipinski definition) is 4. The molecule has 2 aliphatic rings. The molecular formula is C19H29N3O3S. The van der Waals surface area contributed by atoms with Crippen LogP contribution in [-0.4, -0.2) is 37.8 Å². The number of benzene rings is 1. The first-order valence-electron chi connectivity index (χ1n) is 9.50. The third kappa shape index (κ3) is 3.52. The lowest BCUT2D eigenvalue weighted by Crippen LogP contribution is -2.45. The minimum absolute atomic E-state index is 0.0182. The molecule has 0 heterocycles. The molecule has 2 saturated carbocycles. The summed E-state index contributed by atoms with van der Waals surface area (Å²) in [6.07, 6.45) is 3.34. The number of rotatable bonds is 7. The summed E-state index contributed by atoms with van der Waals surface area (Å²) < 4.78 is 26.4. The lowest BCUT2D eigenvalue weighted by atomic mass is 9.84. The molecule has 3 rings (SSSR count). The van der Waals surface area contributed by atoms with Gasteiger partial charge in [0.05, 0.1) is 10.8 Å². The van der Waals surface area contributed by atoms with Crippen LogP contribution < -0.4 is 11.1 Å². The van der Waals surface area contributed by atoms with Crippen LogP contribution in [0, 0.1) is 17.8 Å². The highest BCUT2D eigenvalue weighted by Gasteiger charge is 2.48. The smallest absolute Gasteiger partial charge is 0.243 e. The van der Waals surface area contributed by atoms with E-state index >= 15 is 0 Å². The molecule has 0 spiro atoms. The fourth-order valence-electron chi connectivity index (χ4n) is 4.52. The molecule has 4 unspecified atom stereocenters. The Morgan fingerprint density at radius 2 is 1.77 bits per heavy atom. The Kier molecular flexibility index (Phi) is 5.69. The molecule has 26 heavy (non-hydrogen) atoms. The summed E-state index contributed by atoms with van der Waals surface area (Å²) in [5.74, 6) is 0.887. The molecule has 1 amide bonds. The van der Waals surface area contributed by atoms with Crippen molar-refractivity contribution < 1.29 is 13.2 Å². The van der Waals surface area contributed by atoms with Gasteiger partial charge in [-0.05, 0) is 48.8 Å². The van der Waals surface area contributed by atoms with E-state index in [1.54, 1.807) is 24.3 Å². The van der Waals surface area contributed by atoms with Crippen LogP contribution in [0.25, 0.3) is 0 Å². The molecule has 0 radical (unpaired) electrons. The van der Waals surface area contributed by atoms with Crippen LogP contribution in [0.5, 0.6) is 0 Å². The fraction of sp³-hybridized carbons (Fsp3) is 0.632. The molecule has 6 nitrogen and oxygen atoms in total. The third-order valence-corrected chi connectivity index (χ3v) is 8.08. The van der Waals surface area contributed by atoms with Gasteiger partial charge >= 0.3 is 0 Å². The molecule has 1 aromatic carbocycles. The molecule has 1 aromatic rings. The molecule has 7 heteroatoms. The average molecular weight is 380 g/mol. The van der Waals surface area contributed by atoms with Crippen LogP contribution >= 0.6 is 0 Å². The van der Waals surface area contributed by atoms with Gasteiger partial charge < -0.3 is 11.1 Å². The van der Waals surface area contributed by atoms with E-state index in [1.165, 1.54) is 4.31 Å². The normalized spacial score (nSPS) is 27.8. The summed E-state index contributed by atoms with van der Waals surface area (Å²) in [5.41, 5.74) is 7.11. The predicted molar refractivity (Wildman–Crippen MR) is 101 cm³/mol. The Bertz CT molecular complexity index is 742. The molecular weight excluding hydrogens is 350 g/mol. The highest BCUT2D eigenvalue weighted by atomic mass is 32.2. The van der Waals surface area contributed by atoms with Gasteiger partial charge in [-0.1, -0.05) is 26.0 Å². The van der Waals surface area contributed by atoms with Gasteiger partial charge in [0.25, 0.3) is 0 Å². The number of hydrogen-bond donors (Lipinski definition) is 2. The summed E-state index contributed by atoms with van der Waals surface area (Å²) in [7, 11) is -3.45. The highest BCUT2D eigenvalue weighted by Crippen LogP contribution is 2.47. The number of carbonyl (C=O) groups excluding carboxylic acids is 1. The van der Waals surface area contributed by atoms with Crippen LogP contribution in [0.2, 0.25) is 0 Å². The predicted octanol–water partition coefficient (Wildman–Crippen LogP) is 1.71. The van der Waals surface area contributed by atoms with Gasteiger partial charge in [0.2, 0.25) is 15.9 Å². The zero-order chi connectivity index (χ0) is 18.9. The second-order valence-corrected chi connectivity index (χ2v) is 9.33. The molecule has 2 bridgehead atoms. The zero-order valence-corrected chi connectivity index (χ0v) is 16.3. The van der Waals surface area contributed by atoms with E-state index in [9.17, 15) is 13.2 Å². The maximum atomic E-state index is 12.5. The number of amides is 1. The Morgan fingerprint density at radius 1 is 1.15 bits per heavy atom. The Morgan fingerprint density at radius 3 is 2.31 bits per heavy atom. The van der Waals surface area contributed by atoms with Gasteiger partial charge in [-0.25, -0.2) is 8.42 Å². The van der Waals surface area contributed by atoms with E-state index in [0.717, 1.165) is 24.8 Å². The first kappa shape index (κ1) is 19.3. The summed E-state index contributed by atoms with van der Waals surface area (Å²) in [6, 6.07) is 6.72. The standard InChI is InChI=1S/C19H29N3O3S/c1-3-22(4-2)26(24,25)16-9-5-13(6-10-16)12-21-19(23)17-14-7-8-15(11-14)18(17)20/h5-6,9-10,14-15,17-18H,3-4,7-8,11-12,20H2,1-2H3,(H,21,23). The number of carbonyl (C=O) groups is 1. The van der Waals surface area contributed by atoms with Crippen LogP contribution in [0.15, 0.2) is 29.2 Å². The van der Waals surface area contributed by atoms with Gasteiger partial charge in [0.1, 0.15) is 0 Å². The van der Waals surface area contributed by atoms with Gasteiger partial charge in [-0.2, -0.15) is 4.31 Å². The molecule has 0 saturated heterocycles. The van der Waals surface area contributed by atoms with Crippen LogP contribution in [-0.2, 0) is 21.4 Å². The molecule has 0 aromatic heterocycles. The molecule has 2 fully saturated rings. The first-order valence-corrected chi connectivity index (χ1v) is 10.9. The second-order valence-electron chi connectivity index (χ2n) is 7.39. The van der Waals surface area contributed by atoms with Crippen molar-refractivity contribution in [2.45, 2.75) is 50.6 Å². The van der Waals surface area contributed by atoms with E-state index < -0.39 is 10.0 Å². The monoisotopic (exact) mass is 379 g/mol. The summed E-state index contributed by atoms with van der Waals surface area (Å²) in [5, 5.41) is 2.98. The average Bonchev–Trinajstić information content (AvgIpc) is 3.22. The quantitative estimate of drug-likeness (QED) is 0.754. The maximum Gasteiger partial charge on any atom is 0.243 e. The SMILES string of the molecule is CCN(CC)S(=O)(=O)c1ccc(CNC(=O)C2C3CCC(C3)C2N)cc1. The molecule has 3 N–H and O–H groups in total. The van der Waals surface area contributed by atoms with E-state index in [1.807, 2.05) is 13.8 Å². The van der Waals surface area contributed by atoms with Gasteiger partial charge in [-0.15, -0.1) is 0 Å². The topological polar surface area (TPSA) is 92.5 Å². The first-order chi connectivity index (χ1) is 12.4. The van der Waals surface area contributed by atoms with Crippen molar-refractivity contribution in [3.63, 3.8) is 0 Å². The second kappa shape index (κ2) is 7.66. The maximum absolute atomic E-state index is 12.5. The number of nitrogens with two attached hydrogens (primary N) is 1. The van der Waals surface area contributed by atoms with Crippen molar-refractivity contribution in [2.75, 3.05) is 13.1 Å². The molecule has 4 atom stereocenters. The van der Waals surface area contributed by atoms with Crippen molar-refractivity contribution in [1.29, 1.82) is 0 Å². The summed E-state index contributed by atoms with van der Waals surface area (Å²) >= 11 is 0. The zero-order valence-electron chi connectivity index (χ0n) is 15.5. The van der Waals surface area contributed by atoms with Crippen molar-refractivity contribution in [3.8, 4) is 0 Å². The van der Waals surface area contributed by atoms with E-state index in [0.29, 0.717) is 31.5 Å². The highest BCUT2D eigenvalue weighted by molar-refractivity contribution is 7.89. The van der Waals surface area contributed by atoms with Crippen LogP contribution in [0.1, 0.15) is 38.7 Å². The number of sulfonamides is 1. The van der Waals surface area contributed by atoms with Gasteiger partial charge in [-0.3, -0.25) is 4.79 Å². The number of fused-ring (bicyclic) bond motifs is 2. The molecule has 144 valence electrons. The van der Waals surface area contributed by atoms with Crippen molar-refractivity contribution >= 4 is 15.9 Å². The van der Waals surface area contributed by atoms with Crippen molar-refractivity contribution in [1.82, 2.24) is 9.62 Å². The minimum Gasteiger partial charge on any atom is -0.352 e.